The third kappa shape index (κ3) is 1.50. The minimum Gasteiger partial charge on any atom is -0.334 e. The first-order chi connectivity index (χ1) is 6.68. The van der Waals surface area contributed by atoms with Crippen LogP contribution in [0.2, 0.25) is 0 Å². The van der Waals surface area contributed by atoms with E-state index in [1.165, 1.54) is 0 Å². The van der Waals surface area contributed by atoms with Crippen molar-refractivity contribution in [3.8, 4) is 11.5 Å². The topological polar surface area (TPSA) is 67.6 Å². The monoisotopic (exact) mass is 212 g/mol. The van der Waals surface area contributed by atoms with Gasteiger partial charge in [0.05, 0.1) is 17.1 Å². The summed E-state index contributed by atoms with van der Waals surface area (Å²) in [6, 6.07) is 0. The van der Waals surface area contributed by atoms with Crippen molar-refractivity contribution in [3.05, 3.63) is 17.7 Å². The van der Waals surface area contributed by atoms with E-state index < -0.39 is 0 Å². The number of H-pyrrole nitrogens is 1. The summed E-state index contributed by atoms with van der Waals surface area (Å²) in [5.41, 5.74) is 1.70. The fourth-order valence-corrected chi connectivity index (χ4v) is 1.16. The zero-order valence-electron chi connectivity index (χ0n) is 7.78. The predicted octanol–water partition coefficient (Wildman–Crippen LogP) is 2.07. The number of nitrogens with zero attached hydrogens (tertiary/aromatic N) is 3. The molecule has 0 saturated carbocycles. The van der Waals surface area contributed by atoms with Gasteiger partial charge in [0, 0.05) is 5.69 Å². The van der Waals surface area contributed by atoms with Gasteiger partial charge in [-0.05, 0) is 13.8 Å². The van der Waals surface area contributed by atoms with Crippen molar-refractivity contribution >= 4 is 11.6 Å². The molecule has 2 aromatic heterocycles. The van der Waals surface area contributed by atoms with Crippen LogP contribution in [-0.4, -0.2) is 20.3 Å². The normalized spacial score (nSPS) is 13.1. The standard InChI is InChI=1S/C8H9ClN4O/c1-4(9)7-11-8(14-13-7)6-3-10-12-5(6)2/h3-4H,1-2H3,(H,10,12). The molecule has 0 aliphatic rings. The van der Waals surface area contributed by atoms with Crippen LogP contribution in [0, 0.1) is 6.92 Å². The molecule has 14 heavy (non-hydrogen) atoms. The Balaban J connectivity index is 2.39. The number of hydrogen-bond donors (Lipinski definition) is 1. The van der Waals surface area contributed by atoms with Crippen LogP contribution in [0.3, 0.4) is 0 Å². The number of aromatic nitrogens is 4. The van der Waals surface area contributed by atoms with Crippen LogP contribution in [0.25, 0.3) is 11.5 Å². The van der Waals surface area contributed by atoms with Gasteiger partial charge in [-0.2, -0.15) is 10.1 Å². The quantitative estimate of drug-likeness (QED) is 0.774. The minimum absolute atomic E-state index is 0.250. The number of alkyl halides is 1. The first-order valence-electron chi connectivity index (χ1n) is 4.16. The number of hydrogen-bond acceptors (Lipinski definition) is 4. The highest BCUT2D eigenvalue weighted by Gasteiger charge is 2.14. The van der Waals surface area contributed by atoms with E-state index in [1.54, 1.807) is 13.1 Å². The molecule has 0 saturated heterocycles. The Morgan fingerprint density at radius 2 is 2.36 bits per heavy atom. The van der Waals surface area contributed by atoms with Crippen molar-refractivity contribution in [2.75, 3.05) is 0 Å². The molecular weight excluding hydrogens is 204 g/mol. The third-order valence-corrected chi connectivity index (χ3v) is 2.05. The van der Waals surface area contributed by atoms with Crippen molar-refractivity contribution in [2.24, 2.45) is 0 Å². The van der Waals surface area contributed by atoms with Gasteiger partial charge in [-0.25, -0.2) is 0 Å². The summed E-state index contributed by atoms with van der Waals surface area (Å²) in [7, 11) is 0. The van der Waals surface area contributed by atoms with Crippen LogP contribution in [0.1, 0.15) is 23.8 Å². The Hall–Kier alpha value is -1.36. The first-order valence-corrected chi connectivity index (χ1v) is 4.60. The van der Waals surface area contributed by atoms with E-state index in [-0.39, 0.29) is 5.38 Å². The second-order valence-corrected chi connectivity index (χ2v) is 3.64. The van der Waals surface area contributed by atoms with Crippen LogP contribution in [-0.2, 0) is 0 Å². The van der Waals surface area contributed by atoms with Crippen molar-refractivity contribution in [3.63, 3.8) is 0 Å². The summed E-state index contributed by atoms with van der Waals surface area (Å²) < 4.78 is 5.05. The number of aromatic amines is 1. The molecule has 74 valence electrons. The van der Waals surface area contributed by atoms with E-state index in [1.807, 2.05) is 6.92 Å². The van der Waals surface area contributed by atoms with Gasteiger partial charge in [0.2, 0.25) is 0 Å². The summed E-state index contributed by atoms with van der Waals surface area (Å²) in [5.74, 6) is 0.931. The summed E-state index contributed by atoms with van der Waals surface area (Å²) >= 11 is 5.81. The zero-order valence-corrected chi connectivity index (χ0v) is 8.54. The molecule has 6 heteroatoms. The van der Waals surface area contributed by atoms with E-state index >= 15 is 0 Å². The van der Waals surface area contributed by atoms with E-state index in [9.17, 15) is 0 Å². The van der Waals surface area contributed by atoms with Crippen molar-refractivity contribution < 1.29 is 4.52 Å². The Kier molecular flexibility index (Phi) is 2.25. The van der Waals surface area contributed by atoms with Crippen molar-refractivity contribution in [1.29, 1.82) is 0 Å². The lowest BCUT2D eigenvalue weighted by atomic mass is 10.3. The molecule has 0 spiro atoms. The molecule has 2 rings (SSSR count). The van der Waals surface area contributed by atoms with Gasteiger partial charge >= 0.3 is 0 Å². The maximum atomic E-state index is 5.81. The van der Waals surface area contributed by atoms with Crippen molar-refractivity contribution in [2.45, 2.75) is 19.2 Å². The molecule has 0 amide bonds. The molecule has 5 nitrogen and oxygen atoms in total. The Morgan fingerprint density at radius 3 is 2.86 bits per heavy atom. The van der Waals surface area contributed by atoms with Gasteiger partial charge in [0.1, 0.15) is 0 Å². The molecule has 2 aromatic rings. The van der Waals surface area contributed by atoms with Crippen LogP contribution in [0.4, 0.5) is 0 Å². The predicted molar refractivity (Wildman–Crippen MR) is 50.9 cm³/mol. The molecule has 0 radical (unpaired) electrons. The molecule has 0 aliphatic carbocycles. The SMILES string of the molecule is Cc1[nH]ncc1-c1nc(C(C)Cl)no1. The highest BCUT2D eigenvalue weighted by molar-refractivity contribution is 6.20. The molecule has 1 atom stereocenters. The fourth-order valence-electron chi connectivity index (χ4n) is 1.07. The Labute approximate surface area is 85.5 Å². The molecule has 1 N–H and O–H groups in total. The third-order valence-electron chi connectivity index (χ3n) is 1.86. The molecule has 0 aromatic carbocycles. The number of nitrogens with one attached hydrogen (secondary N) is 1. The summed E-state index contributed by atoms with van der Waals surface area (Å²) in [5, 5.41) is 10.2. The van der Waals surface area contributed by atoms with Crippen LogP contribution in [0.15, 0.2) is 10.7 Å². The molecule has 1 unspecified atom stereocenters. The molecule has 2 heterocycles. The molecule has 0 fully saturated rings. The van der Waals surface area contributed by atoms with Gasteiger partial charge < -0.3 is 4.52 Å². The largest absolute Gasteiger partial charge is 0.334 e. The van der Waals surface area contributed by atoms with Crippen LogP contribution < -0.4 is 0 Å². The Bertz CT molecular complexity index is 434. The summed E-state index contributed by atoms with van der Waals surface area (Å²) in [6.07, 6.45) is 1.64. The van der Waals surface area contributed by atoms with E-state index in [4.69, 9.17) is 16.1 Å². The maximum Gasteiger partial charge on any atom is 0.261 e. The van der Waals surface area contributed by atoms with Crippen LogP contribution >= 0.6 is 11.6 Å². The maximum absolute atomic E-state index is 5.81. The van der Waals surface area contributed by atoms with Gasteiger partial charge in [-0.3, -0.25) is 5.10 Å². The molecule has 0 aliphatic heterocycles. The van der Waals surface area contributed by atoms with Crippen molar-refractivity contribution in [1.82, 2.24) is 20.3 Å². The fraction of sp³-hybridized carbons (Fsp3) is 0.375. The molecule has 0 bridgehead atoms. The van der Waals surface area contributed by atoms with E-state index in [2.05, 4.69) is 20.3 Å². The molecular formula is C8H9ClN4O. The van der Waals surface area contributed by atoms with E-state index in [0.717, 1.165) is 11.3 Å². The van der Waals surface area contributed by atoms with E-state index in [0.29, 0.717) is 11.7 Å². The average molecular weight is 213 g/mol. The highest BCUT2D eigenvalue weighted by atomic mass is 35.5. The second kappa shape index (κ2) is 3.42. The first kappa shape index (κ1) is 9.21. The number of aryl methyl sites for hydroxylation is 1. The average Bonchev–Trinajstić information content (AvgIpc) is 2.71. The zero-order chi connectivity index (χ0) is 10.1. The lowest BCUT2D eigenvalue weighted by molar-refractivity contribution is 0.422. The second-order valence-electron chi connectivity index (χ2n) is 2.98. The Morgan fingerprint density at radius 1 is 1.57 bits per heavy atom. The lowest BCUT2D eigenvalue weighted by Gasteiger charge is -1.90. The minimum atomic E-state index is -0.250. The summed E-state index contributed by atoms with van der Waals surface area (Å²) in [6.45, 7) is 3.68. The number of halogens is 1. The van der Waals surface area contributed by atoms with Crippen LogP contribution in [0.5, 0.6) is 0 Å². The van der Waals surface area contributed by atoms with Gasteiger partial charge in [0.15, 0.2) is 5.82 Å². The highest BCUT2D eigenvalue weighted by Crippen LogP contribution is 2.22. The van der Waals surface area contributed by atoms with Gasteiger partial charge in [-0.1, -0.05) is 5.16 Å². The summed E-state index contributed by atoms with van der Waals surface area (Å²) in [4.78, 5) is 4.14. The smallest absolute Gasteiger partial charge is 0.261 e. The van der Waals surface area contributed by atoms with Gasteiger partial charge in [-0.15, -0.1) is 11.6 Å². The number of rotatable bonds is 2. The van der Waals surface area contributed by atoms with Gasteiger partial charge in [0.25, 0.3) is 5.89 Å². The lowest BCUT2D eigenvalue weighted by Crippen LogP contribution is -1.86.